The van der Waals surface area contributed by atoms with Gasteiger partial charge < -0.3 is 10.5 Å². The maximum Gasteiger partial charge on any atom is 0.0900 e. The molecule has 1 heterocycles. The molecular formula is C10H16N2OS. The van der Waals surface area contributed by atoms with Crippen LogP contribution in [-0.4, -0.2) is 17.1 Å². The fraction of sp³-hybridized carbons (Fsp3) is 0.700. The fourth-order valence-corrected chi connectivity index (χ4v) is 2.39. The van der Waals surface area contributed by atoms with Crippen LogP contribution in [0, 0.1) is 0 Å². The summed E-state index contributed by atoms with van der Waals surface area (Å²) in [5.41, 5.74) is 8.76. The minimum atomic E-state index is 0.337. The van der Waals surface area contributed by atoms with Crippen molar-refractivity contribution in [2.24, 2.45) is 5.73 Å². The smallest absolute Gasteiger partial charge is 0.0900 e. The van der Waals surface area contributed by atoms with Crippen LogP contribution in [0.15, 0.2) is 10.9 Å². The second-order valence-corrected chi connectivity index (χ2v) is 4.56. The van der Waals surface area contributed by atoms with Crippen molar-refractivity contribution in [1.29, 1.82) is 0 Å². The first kappa shape index (κ1) is 10.1. The lowest BCUT2D eigenvalue weighted by molar-refractivity contribution is 0.0109. The van der Waals surface area contributed by atoms with Crippen LogP contribution in [0.5, 0.6) is 0 Å². The molecule has 1 aliphatic rings. The van der Waals surface area contributed by atoms with Gasteiger partial charge in [0.2, 0.25) is 0 Å². The predicted molar refractivity (Wildman–Crippen MR) is 57.1 cm³/mol. The molecule has 4 heteroatoms. The molecule has 0 aromatic carbocycles. The first-order chi connectivity index (χ1) is 6.84. The van der Waals surface area contributed by atoms with Gasteiger partial charge >= 0.3 is 0 Å². The first-order valence-electron chi connectivity index (χ1n) is 5.09. The van der Waals surface area contributed by atoms with E-state index in [4.69, 9.17) is 10.5 Å². The van der Waals surface area contributed by atoms with Gasteiger partial charge in [-0.05, 0) is 25.7 Å². The van der Waals surface area contributed by atoms with E-state index in [1.807, 2.05) is 10.9 Å². The van der Waals surface area contributed by atoms with Gasteiger partial charge in [-0.15, -0.1) is 11.3 Å². The van der Waals surface area contributed by atoms with Crippen LogP contribution in [0.4, 0.5) is 0 Å². The Morgan fingerprint density at radius 2 is 2.50 bits per heavy atom. The highest BCUT2D eigenvalue weighted by molar-refractivity contribution is 7.07. The van der Waals surface area contributed by atoms with Crippen molar-refractivity contribution in [3.63, 3.8) is 0 Å². The lowest BCUT2D eigenvalue weighted by Gasteiger charge is -2.26. The SMILES string of the molecule is NC1CCCC(OCc2cscn2)C1. The zero-order chi connectivity index (χ0) is 9.80. The van der Waals surface area contributed by atoms with Crippen molar-refractivity contribution in [1.82, 2.24) is 4.98 Å². The van der Waals surface area contributed by atoms with E-state index in [2.05, 4.69) is 4.98 Å². The lowest BCUT2D eigenvalue weighted by atomic mass is 9.94. The minimum absolute atomic E-state index is 0.337. The monoisotopic (exact) mass is 212 g/mol. The van der Waals surface area contributed by atoms with Gasteiger partial charge in [0.05, 0.1) is 23.9 Å². The van der Waals surface area contributed by atoms with E-state index >= 15 is 0 Å². The molecule has 1 aliphatic carbocycles. The Balaban J connectivity index is 1.75. The van der Waals surface area contributed by atoms with Crippen LogP contribution in [0.1, 0.15) is 31.4 Å². The number of hydrogen-bond acceptors (Lipinski definition) is 4. The molecule has 2 unspecified atom stereocenters. The molecule has 2 N–H and O–H groups in total. The van der Waals surface area contributed by atoms with Crippen molar-refractivity contribution in [2.45, 2.75) is 44.4 Å². The van der Waals surface area contributed by atoms with Crippen LogP contribution < -0.4 is 5.73 Å². The summed E-state index contributed by atoms with van der Waals surface area (Å²) in [7, 11) is 0. The van der Waals surface area contributed by atoms with E-state index < -0.39 is 0 Å². The van der Waals surface area contributed by atoms with Crippen LogP contribution in [0.3, 0.4) is 0 Å². The summed E-state index contributed by atoms with van der Waals surface area (Å²) in [6.45, 7) is 0.640. The summed E-state index contributed by atoms with van der Waals surface area (Å²) in [5, 5.41) is 2.03. The van der Waals surface area contributed by atoms with Gasteiger partial charge in [0.15, 0.2) is 0 Å². The number of thiazole rings is 1. The largest absolute Gasteiger partial charge is 0.372 e. The topological polar surface area (TPSA) is 48.1 Å². The molecule has 1 aromatic rings. The summed E-state index contributed by atoms with van der Waals surface area (Å²) in [6.07, 6.45) is 4.85. The summed E-state index contributed by atoms with van der Waals surface area (Å²) in [4.78, 5) is 4.18. The molecule has 2 atom stereocenters. The third kappa shape index (κ3) is 2.77. The molecule has 0 spiro atoms. The summed E-state index contributed by atoms with van der Waals surface area (Å²) < 4.78 is 5.76. The lowest BCUT2D eigenvalue weighted by Crippen LogP contribution is -2.32. The van der Waals surface area contributed by atoms with Crippen molar-refractivity contribution in [3.05, 3.63) is 16.6 Å². The van der Waals surface area contributed by atoms with Crippen molar-refractivity contribution in [2.75, 3.05) is 0 Å². The summed E-state index contributed by atoms with van der Waals surface area (Å²) in [5.74, 6) is 0. The Morgan fingerprint density at radius 3 is 3.21 bits per heavy atom. The first-order valence-corrected chi connectivity index (χ1v) is 6.03. The maximum absolute atomic E-state index is 5.88. The molecule has 1 aromatic heterocycles. The molecule has 1 fully saturated rings. The molecule has 0 bridgehead atoms. The van der Waals surface area contributed by atoms with Crippen LogP contribution in [0.2, 0.25) is 0 Å². The van der Waals surface area contributed by atoms with Crippen LogP contribution >= 0.6 is 11.3 Å². The molecule has 2 rings (SSSR count). The van der Waals surface area contributed by atoms with Crippen LogP contribution in [0.25, 0.3) is 0 Å². The third-order valence-corrected chi connectivity index (χ3v) is 3.25. The van der Waals surface area contributed by atoms with Crippen molar-refractivity contribution < 1.29 is 4.74 Å². The highest BCUT2D eigenvalue weighted by Crippen LogP contribution is 2.20. The predicted octanol–water partition coefficient (Wildman–Crippen LogP) is 1.93. The normalized spacial score (nSPS) is 27.8. The zero-order valence-corrected chi connectivity index (χ0v) is 9.00. The van der Waals surface area contributed by atoms with Gasteiger partial charge in [-0.25, -0.2) is 4.98 Å². The van der Waals surface area contributed by atoms with E-state index in [-0.39, 0.29) is 0 Å². The van der Waals surface area contributed by atoms with Crippen molar-refractivity contribution in [3.8, 4) is 0 Å². The third-order valence-electron chi connectivity index (χ3n) is 2.62. The van der Waals surface area contributed by atoms with Gasteiger partial charge in [0.1, 0.15) is 0 Å². The average molecular weight is 212 g/mol. The number of nitrogens with zero attached hydrogens (tertiary/aromatic N) is 1. The van der Waals surface area contributed by atoms with E-state index in [9.17, 15) is 0 Å². The van der Waals surface area contributed by atoms with Gasteiger partial charge in [0, 0.05) is 11.4 Å². The Morgan fingerprint density at radius 1 is 1.57 bits per heavy atom. The number of ether oxygens (including phenoxy) is 1. The van der Waals surface area contributed by atoms with Gasteiger partial charge in [-0.3, -0.25) is 0 Å². The summed E-state index contributed by atoms with van der Waals surface area (Å²) in [6, 6.07) is 0.337. The van der Waals surface area contributed by atoms with Gasteiger partial charge in [-0.2, -0.15) is 0 Å². The molecule has 3 nitrogen and oxygen atoms in total. The average Bonchev–Trinajstić information content (AvgIpc) is 2.67. The zero-order valence-electron chi connectivity index (χ0n) is 8.19. The highest BCUT2D eigenvalue weighted by Gasteiger charge is 2.19. The number of nitrogens with two attached hydrogens (primary N) is 1. The number of aromatic nitrogens is 1. The molecule has 0 amide bonds. The molecule has 1 saturated carbocycles. The fourth-order valence-electron chi connectivity index (χ4n) is 1.84. The van der Waals surface area contributed by atoms with Gasteiger partial charge in [0.25, 0.3) is 0 Å². The molecule has 0 radical (unpaired) electrons. The van der Waals surface area contributed by atoms with E-state index in [1.54, 1.807) is 11.3 Å². The molecule has 14 heavy (non-hydrogen) atoms. The van der Waals surface area contributed by atoms with Crippen molar-refractivity contribution >= 4 is 11.3 Å². The Bertz CT molecular complexity index is 263. The highest BCUT2D eigenvalue weighted by atomic mass is 32.1. The standard InChI is InChI=1S/C10H16N2OS/c11-8-2-1-3-10(4-8)13-5-9-6-14-7-12-9/h6-8,10H,1-5,11H2. The second kappa shape index (κ2) is 4.87. The second-order valence-electron chi connectivity index (χ2n) is 3.84. The Hall–Kier alpha value is -0.450. The number of rotatable bonds is 3. The van der Waals surface area contributed by atoms with E-state index in [1.165, 1.54) is 6.42 Å². The molecular weight excluding hydrogens is 196 g/mol. The maximum atomic E-state index is 5.88. The minimum Gasteiger partial charge on any atom is -0.372 e. The summed E-state index contributed by atoms with van der Waals surface area (Å²) >= 11 is 1.61. The number of hydrogen-bond donors (Lipinski definition) is 1. The van der Waals surface area contributed by atoms with E-state index in [0.29, 0.717) is 18.8 Å². The van der Waals surface area contributed by atoms with Gasteiger partial charge in [-0.1, -0.05) is 0 Å². The Labute approximate surface area is 88.3 Å². The van der Waals surface area contributed by atoms with Crippen LogP contribution in [-0.2, 0) is 11.3 Å². The quantitative estimate of drug-likeness (QED) is 0.832. The molecule has 0 saturated heterocycles. The molecule has 0 aliphatic heterocycles. The Kier molecular flexibility index (Phi) is 3.50. The molecule has 78 valence electrons. The van der Waals surface area contributed by atoms with E-state index in [0.717, 1.165) is 25.0 Å².